The number of benzene rings is 2. The van der Waals surface area contributed by atoms with E-state index in [9.17, 15) is 15.0 Å². The van der Waals surface area contributed by atoms with Gasteiger partial charge in [0.05, 0.1) is 23.3 Å². The van der Waals surface area contributed by atoms with Crippen LogP contribution >= 0.6 is 0 Å². The first-order valence-corrected chi connectivity index (χ1v) is 15.5. The molecule has 4 N–H and O–H groups in total. The predicted molar refractivity (Wildman–Crippen MR) is 156 cm³/mol. The van der Waals surface area contributed by atoms with Crippen molar-refractivity contribution in [2.24, 2.45) is 11.1 Å². The number of rotatable bonds is 8. The molecule has 0 heterocycles. The molecule has 0 radical (unpaired) electrons. The van der Waals surface area contributed by atoms with Crippen molar-refractivity contribution >= 4 is 11.8 Å². The minimum absolute atomic E-state index is 0.333. The van der Waals surface area contributed by atoms with Gasteiger partial charge in [0.25, 0.3) is 0 Å². The normalized spacial score (nSPS) is 23.4. The molecule has 3 fully saturated rings. The molecule has 0 bridgehead atoms. The first-order valence-electron chi connectivity index (χ1n) is 15.5. The lowest BCUT2D eigenvalue weighted by atomic mass is 9.68. The van der Waals surface area contributed by atoms with Crippen molar-refractivity contribution in [3.05, 3.63) is 71.8 Å². The van der Waals surface area contributed by atoms with E-state index in [1.165, 1.54) is 0 Å². The zero-order valence-corrected chi connectivity index (χ0v) is 23.8. The van der Waals surface area contributed by atoms with Crippen LogP contribution in [0.2, 0.25) is 0 Å². The second-order valence-corrected chi connectivity index (χ2v) is 12.7. The van der Waals surface area contributed by atoms with Gasteiger partial charge in [-0.2, -0.15) is 0 Å². The van der Waals surface area contributed by atoms with Crippen LogP contribution in [0.1, 0.15) is 120 Å². The number of carbonyl (C=O) groups excluding carboxylic acids is 2. The zero-order valence-electron chi connectivity index (χ0n) is 23.8. The predicted octanol–water partition coefficient (Wildman–Crippen LogP) is 6.12. The lowest BCUT2D eigenvalue weighted by Gasteiger charge is -2.54. The van der Waals surface area contributed by atoms with E-state index in [0.29, 0.717) is 38.5 Å². The molecule has 0 aliphatic heterocycles. The van der Waals surface area contributed by atoms with Gasteiger partial charge in [-0.1, -0.05) is 118 Å². The summed E-state index contributed by atoms with van der Waals surface area (Å²) in [5, 5.41) is 25.0. The molecule has 6 heteroatoms. The third kappa shape index (κ3) is 5.45. The second kappa shape index (κ2) is 12.0. The van der Waals surface area contributed by atoms with Gasteiger partial charge in [0, 0.05) is 0 Å². The summed E-state index contributed by atoms with van der Waals surface area (Å²) in [5.41, 5.74) is 4.05. The Morgan fingerprint density at radius 1 is 0.600 bits per heavy atom. The Morgan fingerprint density at radius 2 is 0.950 bits per heavy atom. The molecular weight excluding hydrogens is 500 g/mol. The highest BCUT2D eigenvalue weighted by atomic mass is 16.3. The molecule has 3 saturated carbocycles. The fourth-order valence-corrected chi connectivity index (χ4v) is 7.96. The summed E-state index contributed by atoms with van der Waals surface area (Å²) in [6.45, 7) is 0. The van der Waals surface area contributed by atoms with Gasteiger partial charge >= 0.3 is 0 Å². The van der Waals surface area contributed by atoms with E-state index >= 15 is 4.79 Å². The highest BCUT2D eigenvalue weighted by molar-refractivity contribution is 6.05. The van der Waals surface area contributed by atoms with Crippen molar-refractivity contribution in [3.8, 4) is 0 Å². The topological polar surface area (TPSA) is 104 Å². The smallest absolute Gasteiger partial charge is 0.239 e. The SMILES string of the molecule is NC(=O)C1(C(=O)N(C(c2ccccc2)C2(O)CCCCC2)C(c2ccccc2)C2(O)CCCCC2)CCCCC1. The zero-order chi connectivity index (χ0) is 28.2. The molecule has 0 aromatic heterocycles. The Kier molecular flexibility index (Phi) is 8.67. The Labute approximate surface area is 239 Å². The van der Waals surface area contributed by atoms with Crippen molar-refractivity contribution < 1.29 is 19.8 Å². The molecule has 2 aromatic rings. The molecule has 3 aliphatic rings. The van der Waals surface area contributed by atoms with E-state index < -0.39 is 34.6 Å². The van der Waals surface area contributed by atoms with E-state index in [4.69, 9.17) is 5.73 Å². The van der Waals surface area contributed by atoms with Crippen LogP contribution in [0, 0.1) is 5.41 Å². The van der Waals surface area contributed by atoms with Crippen LogP contribution < -0.4 is 5.73 Å². The van der Waals surface area contributed by atoms with Crippen molar-refractivity contribution in [2.75, 3.05) is 0 Å². The lowest BCUT2D eigenvalue weighted by molar-refractivity contribution is -0.179. The second-order valence-electron chi connectivity index (χ2n) is 12.7. The van der Waals surface area contributed by atoms with Gasteiger partial charge in [-0.05, 0) is 49.7 Å². The standard InChI is InChI=1S/C34H46N2O4/c35-30(37)32(20-10-3-11-21-32)31(38)36(28(26-16-6-1-7-17-26)33(39)22-12-4-13-23-33)29(27-18-8-2-9-19-27)34(40)24-14-5-15-25-34/h1-2,6-9,16-19,28-29,39-40H,3-5,10-15,20-25H2,(H2,35,37). The van der Waals surface area contributed by atoms with Crippen LogP contribution in [-0.4, -0.2) is 38.1 Å². The van der Waals surface area contributed by atoms with Crippen molar-refractivity contribution in [2.45, 2.75) is 120 Å². The fourth-order valence-electron chi connectivity index (χ4n) is 7.96. The monoisotopic (exact) mass is 546 g/mol. The van der Waals surface area contributed by atoms with Gasteiger partial charge in [0.15, 0.2) is 0 Å². The molecule has 5 rings (SSSR count). The van der Waals surface area contributed by atoms with Crippen LogP contribution in [0.4, 0.5) is 0 Å². The van der Waals surface area contributed by atoms with E-state index in [1.54, 1.807) is 4.90 Å². The third-order valence-corrected chi connectivity index (χ3v) is 10.1. The number of hydrogen-bond donors (Lipinski definition) is 3. The number of nitrogens with two attached hydrogens (primary N) is 1. The van der Waals surface area contributed by atoms with Gasteiger partial charge in [-0.25, -0.2) is 0 Å². The fraction of sp³-hybridized carbons (Fsp3) is 0.588. The molecule has 0 saturated heterocycles. The first-order chi connectivity index (χ1) is 19.3. The molecule has 2 amide bonds. The third-order valence-electron chi connectivity index (χ3n) is 10.1. The lowest BCUT2D eigenvalue weighted by Crippen LogP contribution is -2.61. The number of primary amides is 1. The summed E-state index contributed by atoms with van der Waals surface area (Å²) in [4.78, 5) is 30.3. The van der Waals surface area contributed by atoms with Crippen LogP contribution in [0.25, 0.3) is 0 Å². The average Bonchev–Trinajstić information content (AvgIpc) is 2.98. The van der Waals surface area contributed by atoms with Crippen LogP contribution in [0.3, 0.4) is 0 Å². The molecule has 0 spiro atoms. The maximum atomic E-state index is 15.3. The summed E-state index contributed by atoms with van der Waals surface area (Å²) in [6, 6.07) is 18.1. The molecule has 2 aromatic carbocycles. The number of nitrogens with zero attached hydrogens (tertiary/aromatic N) is 1. The van der Waals surface area contributed by atoms with Crippen LogP contribution in [0.5, 0.6) is 0 Å². The Balaban J connectivity index is 1.77. The number of amides is 2. The summed E-state index contributed by atoms with van der Waals surface area (Å²) >= 11 is 0. The summed E-state index contributed by atoms with van der Waals surface area (Å²) < 4.78 is 0. The van der Waals surface area contributed by atoms with Crippen LogP contribution in [0.15, 0.2) is 60.7 Å². The highest BCUT2D eigenvalue weighted by Gasteiger charge is 2.57. The van der Waals surface area contributed by atoms with Gasteiger partial charge in [-0.3, -0.25) is 9.59 Å². The van der Waals surface area contributed by atoms with Gasteiger partial charge in [0.2, 0.25) is 11.8 Å². The number of hydrogen-bond acceptors (Lipinski definition) is 4. The number of aliphatic hydroxyl groups is 2. The van der Waals surface area contributed by atoms with Crippen molar-refractivity contribution in [3.63, 3.8) is 0 Å². The summed E-state index contributed by atoms with van der Waals surface area (Å²) in [6.07, 6.45) is 11.0. The van der Waals surface area contributed by atoms with Crippen molar-refractivity contribution in [1.82, 2.24) is 4.90 Å². The maximum absolute atomic E-state index is 15.3. The Morgan fingerprint density at radius 3 is 1.30 bits per heavy atom. The molecule has 40 heavy (non-hydrogen) atoms. The van der Waals surface area contributed by atoms with Gasteiger partial charge in [0.1, 0.15) is 5.41 Å². The summed E-state index contributed by atoms with van der Waals surface area (Å²) in [5.74, 6) is -0.924. The average molecular weight is 547 g/mol. The van der Waals surface area contributed by atoms with Gasteiger partial charge < -0.3 is 20.8 Å². The van der Waals surface area contributed by atoms with E-state index in [-0.39, 0.29) is 5.91 Å². The quantitative estimate of drug-likeness (QED) is 0.347. The van der Waals surface area contributed by atoms with Crippen molar-refractivity contribution in [1.29, 1.82) is 0 Å². The summed E-state index contributed by atoms with van der Waals surface area (Å²) in [7, 11) is 0. The molecule has 216 valence electrons. The first kappa shape index (κ1) is 28.8. The Bertz CT molecular complexity index is 1070. The number of carbonyl (C=O) groups is 2. The van der Waals surface area contributed by atoms with E-state index in [0.717, 1.165) is 68.9 Å². The van der Waals surface area contributed by atoms with E-state index in [1.807, 2.05) is 60.7 Å². The van der Waals surface area contributed by atoms with E-state index in [2.05, 4.69) is 0 Å². The molecule has 3 aliphatic carbocycles. The minimum atomic E-state index is -1.35. The molecular formula is C34H46N2O4. The largest absolute Gasteiger partial charge is 0.387 e. The maximum Gasteiger partial charge on any atom is 0.239 e. The minimum Gasteiger partial charge on any atom is -0.387 e. The highest BCUT2D eigenvalue weighted by Crippen LogP contribution is 2.53. The van der Waals surface area contributed by atoms with Crippen LogP contribution in [-0.2, 0) is 9.59 Å². The Hall–Kier alpha value is -2.70. The van der Waals surface area contributed by atoms with Gasteiger partial charge in [-0.15, -0.1) is 0 Å². The molecule has 2 atom stereocenters. The molecule has 2 unspecified atom stereocenters. The molecule has 6 nitrogen and oxygen atoms in total.